The Morgan fingerprint density at radius 3 is 2.67 bits per heavy atom. The van der Waals surface area contributed by atoms with E-state index in [9.17, 15) is 0 Å². The van der Waals surface area contributed by atoms with E-state index in [1.54, 1.807) is 0 Å². The molecule has 0 amide bonds. The number of nitrogens with two attached hydrogens (primary N) is 1. The minimum atomic E-state index is 0.0790. The topological polar surface area (TPSA) is 39.2 Å². The van der Waals surface area contributed by atoms with Gasteiger partial charge in [0.2, 0.25) is 0 Å². The quantitative estimate of drug-likeness (QED) is 0.748. The van der Waals surface area contributed by atoms with Crippen LogP contribution in [-0.4, -0.2) is 0 Å². The van der Waals surface area contributed by atoms with Crippen molar-refractivity contribution in [3.05, 3.63) is 23.7 Å². The first kappa shape index (κ1) is 9.33. The summed E-state index contributed by atoms with van der Waals surface area (Å²) in [7, 11) is 0. The summed E-state index contributed by atoms with van der Waals surface area (Å²) in [6.07, 6.45) is 3.04. The van der Waals surface area contributed by atoms with Gasteiger partial charge in [0.15, 0.2) is 0 Å². The number of hydrogen-bond acceptors (Lipinski definition) is 2. The fourth-order valence-corrected chi connectivity index (χ4v) is 1.24. The Balaban J connectivity index is 2.61. The molecule has 0 aliphatic rings. The number of furan rings is 1. The minimum absolute atomic E-state index is 0.0790. The van der Waals surface area contributed by atoms with E-state index in [0.717, 1.165) is 30.8 Å². The Morgan fingerprint density at radius 1 is 1.42 bits per heavy atom. The van der Waals surface area contributed by atoms with Gasteiger partial charge in [0, 0.05) is 6.42 Å². The lowest BCUT2D eigenvalue weighted by molar-refractivity contribution is 0.423. The molecule has 0 unspecified atom stereocenters. The molecule has 0 bridgehead atoms. The average molecular weight is 167 g/mol. The predicted octanol–water partition coefficient (Wildman–Crippen LogP) is 2.64. The minimum Gasteiger partial charge on any atom is -0.464 e. The maximum Gasteiger partial charge on any atom is 0.120 e. The molecule has 0 radical (unpaired) electrons. The van der Waals surface area contributed by atoms with Gasteiger partial charge in [0.1, 0.15) is 11.5 Å². The molecule has 0 aliphatic carbocycles. The number of aryl methyl sites for hydroxylation is 1. The molecule has 0 spiro atoms. The van der Waals surface area contributed by atoms with E-state index < -0.39 is 0 Å². The van der Waals surface area contributed by atoms with Gasteiger partial charge in [0.05, 0.1) is 6.04 Å². The van der Waals surface area contributed by atoms with Crippen molar-refractivity contribution in [2.45, 2.75) is 39.2 Å². The fraction of sp³-hybridized carbons (Fsp3) is 0.600. The molecule has 0 fully saturated rings. The van der Waals surface area contributed by atoms with E-state index in [1.165, 1.54) is 0 Å². The molecule has 1 atom stereocenters. The Kier molecular flexibility index (Phi) is 3.35. The Morgan fingerprint density at radius 2 is 2.17 bits per heavy atom. The van der Waals surface area contributed by atoms with E-state index in [4.69, 9.17) is 10.2 Å². The standard InChI is InChI=1S/C10H17NO/c1-3-5-9(11)10-7-6-8(4-2)12-10/h6-7,9H,3-5,11H2,1-2H3/t9-/m0/s1. The van der Waals surface area contributed by atoms with Gasteiger partial charge < -0.3 is 10.2 Å². The van der Waals surface area contributed by atoms with Gasteiger partial charge in [-0.1, -0.05) is 20.3 Å². The van der Waals surface area contributed by atoms with Gasteiger partial charge in [-0.15, -0.1) is 0 Å². The molecule has 1 aromatic rings. The van der Waals surface area contributed by atoms with E-state index in [1.807, 2.05) is 12.1 Å². The normalized spacial score (nSPS) is 13.2. The van der Waals surface area contributed by atoms with Gasteiger partial charge in [-0.05, 0) is 18.6 Å². The third-order valence-electron chi connectivity index (χ3n) is 2.00. The van der Waals surface area contributed by atoms with Crippen molar-refractivity contribution >= 4 is 0 Å². The SMILES string of the molecule is CCC[C@H](N)c1ccc(CC)o1. The molecule has 0 aliphatic heterocycles. The van der Waals surface area contributed by atoms with Crippen molar-refractivity contribution in [3.8, 4) is 0 Å². The molecule has 2 heteroatoms. The van der Waals surface area contributed by atoms with Crippen LogP contribution in [0.4, 0.5) is 0 Å². The summed E-state index contributed by atoms with van der Waals surface area (Å²) in [6.45, 7) is 4.21. The Labute approximate surface area is 73.8 Å². The summed E-state index contributed by atoms with van der Waals surface area (Å²) in [5, 5.41) is 0. The van der Waals surface area contributed by atoms with Crippen LogP contribution in [-0.2, 0) is 6.42 Å². The van der Waals surface area contributed by atoms with Crippen molar-refractivity contribution in [2.24, 2.45) is 5.73 Å². The maximum absolute atomic E-state index is 5.88. The smallest absolute Gasteiger partial charge is 0.120 e. The first-order valence-electron chi connectivity index (χ1n) is 4.62. The summed E-state index contributed by atoms with van der Waals surface area (Å²) in [5.74, 6) is 1.95. The van der Waals surface area contributed by atoms with Crippen LogP contribution in [0.5, 0.6) is 0 Å². The molecular formula is C10H17NO. The number of hydrogen-bond donors (Lipinski definition) is 1. The summed E-state index contributed by atoms with van der Waals surface area (Å²) in [4.78, 5) is 0. The summed E-state index contributed by atoms with van der Waals surface area (Å²) in [5.41, 5.74) is 5.88. The van der Waals surface area contributed by atoms with Gasteiger partial charge >= 0.3 is 0 Å². The average Bonchev–Trinajstić information content (AvgIpc) is 2.52. The summed E-state index contributed by atoms with van der Waals surface area (Å²) in [6, 6.07) is 4.07. The Bertz CT molecular complexity index is 229. The zero-order valence-corrected chi connectivity index (χ0v) is 7.84. The van der Waals surface area contributed by atoms with Gasteiger partial charge in [-0.2, -0.15) is 0 Å². The predicted molar refractivity (Wildman–Crippen MR) is 49.9 cm³/mol. The first-order valence-corrected chi connectivity index (χ1v) is 4.62. The molecule has 2 nitrogen and oxygen atoms in total. The zero-order chi connectivity index (χ0) is 8.97. The monoisotopic (exact) mass is 167 g/mol. The molecular weight excluding hydrogens is 150 g/mol. The number of rotatable bonds is 4. The lowest BCUT2D eigenvalue weighted by Crippen LogP contribution is -2.08. The highest BCUT2D eigenvalue weighted by Crippen LogP contribution is 2.18. The summed E-state index contributed by atoms with van der Waals surface area (Å²) < 4.78 is 5.52. The second kappa shape index (κ2) is 4.31. The molecule has 2 N–H and O–H groups in total. The van der Waals surface area contributed by atoms with Crippen molar-refractivity contribution < 1.29 is 4.42 Å². The fourth-order valence-electron chi connectivity index (χ4n) is 1.24. The molecule has 0 aromatic carbocycles. The van der Waals surface area contributed by atoms with Crippen LogP contribution >= 0.6 is 0 Å². The van der Waals surface area contributed by atoms with Crippen LogP contribution in [0.15, 0.2) is 16.5 Å². The second-order valence-corrected chi connectivity index (χ2v) is 3.05. The molecule has 0 saturated heterocycles. The van der Waals surface area contributed by atoms with E-state index in [2.05, 4.69) is 13.8 Å². The van der Waals surface area contributed by atoms with E-state index >= 15 is 0 Å². The van der Waals surface area contributed by atoms with Crippen LogP contribution in [0.3, 0.4) is 0 Å². The van der Waals surface area contributed by atoms with Crippen molar-refractivity contribution in [2.75, 3.05) is 0 Å². The lowest BCUT2D eigenvalue weighted by atomic mass is 10.1. The van der Waals surface area contributed by atoms with E-state index in [0.29, 0.717) is 0 Å². The van der Waals surface area contributed by atoms with Crippen molar-refractivity contribution in [3.63, 3.8) is 0 Å². The Hall–Kier alpha value is -0.760. The third-order valence-corrected chi connectivity index (χ3v) is 2.00. The van der Waals surface area contributed by atoms with Crippen molar-refractivity contribution in [1.82, 2.24) is 0 Å². The largest absolute Gasteiger partial charge is 0.464 e. The molecule has 68 valence electrons. The molecule has 1 rings (SSSR count). The molecule has 0 saturated carbocycles. The highest BCUT2D eigenvalue weighted by atomic mass is 16.3. The maximum atomic E-state index is 5.88. The molecule has 12 heavy (non-hydrogen) atoms. The van der Waals surface area contributed by atoms with Crippen LogP contribution in [0.1, 0.15) is 44.3 Å². The van der Waals surface area contributed by atoms with Gasteiger partial charge in [-0.25, -0.2) is 0 Å². The third kappa shape index (κ3) is 2.11. The molecule has 1 heterocycles. The van der Waals surface area contributed by atoms with Crippen LogP contribution in [0.25, 0.3) is 0 Å². The zero-order valence-electron chi connectivity index (χ0n) is 7.84. The highest BCUT2D eigenvalue weighted by molar-refractivity contribution is 5.10. The van der Waals surface area contributed by atoms with Crippen LogP contribution < -0.4 is 5.73 Å². The van der Waals surface area contributed by atoms with E-state index in [-0.39, 0.29) is 6.04 Å². The first-order chi connectivity index (χ1) is 5.77. The second-order valence-electron chi connectivity index (χ2n) is 3.05. The highest BCUT2D eigenvalue weighted by Gasteiger charge is 2.08. The van der Waals surface area contributed by atoms with Gasteiger partial charge in [0.25, 0.3) is 0 Å². The van der Waals surface area contributed by atoms with Crippen molar-refractivity contribution in [1.29, 1.82) is 0 Å². The van der Waals surface area contributed by atoms with Crippen LogP contribution in [0.2, 0.25) is 0 Å². The molecule has 1 aromatic heterocycles. The van der Waals surface area contributed by atoms with Gasteiger partial charge in [-0.3, -0.25) is 0 Å². The summed E-state index contributed by atoms with van der Waals surface area (Å²) >= 11 is 0. The van der Waals surface area contributed by atoms with Crippen LogP contribution in [0, 0.1) is 0 Å². The lowest BCUT2D eigenvalue weighted by Gasteiger charge is -2.05.